The van der Waals surface area contributed by atoms with Crippen LogP contribution in [0.4, 0.5) is 10.5 Å². The van der Waals surface area contributed by atoms with Gasteiger partial charge in [0.25, 0.3) is 0 Å². The van der Waals surface area contributed by atoms with Crippen molar-refractivity contribution in [2.45, 2.75) is 19.9 Å². The molecule has 156 valence electrons. The third-order valence-corrected chi connectivity index (χ3v) is 4.96. The fourth-order valence-electron chi connectivity index (χ4n) is 3.25. The molecule has 7 nitrogen and oxygen atoms in total. The summed E-state index contributed by atoms with van der Waals surface area (Å²) >= 11 is 0. The minimum Gasteiger partial charge on any atom is -0.475 e. The lowest BCUT2D eigenvalue weighted by atomic mass is 10.2. The minimum atomic E-state index is -0.0313. The van der Waals surface area contributed by atoms with Crippen molar-refractivity contribution in [3.8, 4) is 5.88 Å². The molecule has 1 fully saturated rings. The summed E-state index contributed by atoms with van der Waals surface area (Å²) in [7, 11) is 1.63. The smallest absolute Gasteiger partial charge is 0.317 e. The van der Waals surface area contributed by atoms with E-state index >= 15 is 0 Å². The molecule has 1 aliphatic rings. The van der Waals surface area contributed by atoms with E-state index in [1.165, 1.54) is 11.3 Å². The number of aromatic nitrogens is 1. The molecule has 0 spiro atoms. The number of rotatable bonds is 7. The third kappa shape index (κ3) is 6.35. The second-order valence-corrected chi connectivity index (χ2v) is 7.17. The molecular weight excluding hydrogens is 368 g/mol. The molecule has 2 aromatic rings. The van der Waals surface area contributed by atoms with E-state index in [9.17, 15) is 4.79 Å². The Morgan fingerprint density at radius 2 is 1.90 bits per heavy atom. The number of nitrogens with zero attached hydrogens (tertiary/aromatic N) is 3. The zero-order chi connectivity index (χ0) is 20.5. The van der Waals surface area contributed by atoms with Gasteiger partial charge in [0, 0.05) is 57.8 Å². The lowest BCUT2D eigenvalue weighted by Gasteiger charge is -2.24. The van der Waals surface area contributed by atoms with Gasteiger partial charge in [0.05, 0.1) is 6.61 Å². The molecule has 1 aromatic carbocycles. The van der Waals surface area contributed by atoms with Crippen LogP contribution in [0.1, 0.15) is 17.5 Å². The van der Waals surface area contributed by atoms with Gasteiger partial charge in [-0.1, -0.05) is 23.8 Å². The van der Waals surface area contributed by atoms with Crippen LogP contribution in [-0.2, 0) is 11.3 Å². The fraction of sp³-hybridized carbons (Fsp3) is 0.455. The third-order valence-electron chi connectivity index (χ3n) is 4.96. The summed E-state index contributed by atoms with van der Waals surface area (Å²) in [5.41, 5.74) is 3.42. The van der Waals surface area contributed by atoms with Gasteiger partial charge in [0.2, 0.25) is 5.88 Å². The lowest BCUT2D eigenvalue weighted by Crippen LogP contribution is -2.41. The number of nitrogens with one attached hydrogen (secondary N) is 1. The molecule has 0 aliphatic carbocycles. The highest BCUT2D eigenvalue weighted by atomic mass is 16.5. The van der Waals surface area contributed by atoms with Gasteiger partial charge in [0.15, 0.2) is 0 Å². The molecule has 0 radical (unpaired) electrons. The molecule has 7 heteroatoms. The van der Waals surface area contributed by atoms with Crippen LogP contribution in [0.25, 0.3) is 0 Å². The summed E-state index contributed by atoms with van der Waals surface area (Å²) in [5.74, 6) is 0.556. The van der Waals surface area contributed by atoms with Gasteiger partial charge >= 0.3 is 6.03 Å². The molecule has 2 amide bonds. The normalized spacial score (nSPS) is 14.4. The van der Waals surface area contributed by atoms with Gasteiger partial charge in [-0.3, -0.25) is 0 Å². The van der Waals surface area contributed by atoms with E-state index in [1.54, 1.807) is 13.3 Å². The number of amides is 2. The highest BCUT2D eigenvalue weighted by Crippen LogP contribution is 2.17. The SMILES string of the molecule is COCCOc1ccc(CNC(=O)N2CCCN(c3ccc(C)cc3)CC2)cn1. The Balaban J connectivity index is 1.45. The molecule has 1 aromatic heterocycles. The van der Waals surface area contributed by atoms with Crippen LogP contribution >= 0.6 is 0 Å². The van der Waals surface area contributed by atoms with Crippen LogP contribution in [0.15, 0.2) is 42.6 Å². The molecule has 0 bridgehead atoms. The molecule has 2 heterocycles. The first-order chi connectivity index (χ1) is 14.2. The van der Waals surface area contributed by atoms with E-state index in [-0.39, 0.29) is 6.03 Å². The highest BCUT2D eigenvalue weighted by molar-refractivity contribution is 5.74. The van der Waals surface area contributed by atoms with Gasteiger partial charge in [0.1, 0.15) is 6.61 Å². The van der Waals surface area contributed by atoms with Crippen molar-refractivity contribution in [2.75, 3.05) is 51.4 Å². The molecule has 0 unspecified atom stereocenters. The van der Waals surface area contributed by atoms with Crippen molar-refractivity contribution >= 4 is 11.7 Å². The van der Waals surface area contributed by atoms with Crippen molar-refractivity contribution in [2.24, 2.45) is 0 Å². The second kappa shape index (κ2) is 10.7. The van der Waals surface area contributed by atoms with Crippen molar-refractivity contribution in [1.82, 2.24) is 15.2 Å². The Labute approximate surface area is 172 Å². The molecule has 29 heavy (non-hydrogen) atoms. The Morgan fingerprint density at radius 3 is 2.62 bits per heavy atom. The minimum absolute atomic E-state index is 0.0313. The van der Waals surface area contributed by atoms with Gasteiger partial charge in [-0.25, -0.2) is 9.78 Å². The van der Waals surface area contributed by atoms with E-state index in [2.05, 4.69) is 46.4 Å². The summed E-state index contributed by atoms with van der Waals surface area (Å²) in [6, 6.07) is 12.3. The Hall–Kier alpha value is -2.80. The van der Waals surface area contributed by atoms with Crippen LogP contribution in [0, 0.1) is 6.92 Å². The van der Waals surface area contributed by atoms with E-state index in [1.807, 2.05) is 17.0 Å². The average Bonchev–Trinajstić information content (AvgIpc) is 3.00. The monoisotopic (exact) mass is 398 g/mol. The zero-order valence-electron chi connectivity index (χ0n) is 17.3. The zero-order valence-corrected chi connectivity index (χ0v) is 17.3. The van der Waals surface area contributed by atoms with E-state index < -0.39 is 0 Å². The van der Waals surface area contributed by atoms with E-state index in [0.717, 1.165) is 31.6 Å². The first-order valence-electron chi connectivity index (χ1n) is 10.1. The maximum Gasteiger partial charge on any atom is 0.317 e. The first-order valence-corrected chi connectivity index (χ1v) is 10.1. The number of hydrogen-bond acceptors (Lipinski definition) is 5. The largest absolute Gasteiger partial charge is 0.475 e. The average molecular weight is 399 g/mol. The number of aryl methyl sites for hydroxylation is 1. The van der Waals surface area contributed by atoms with Crippen molar-refractivity contribution < 1.29 is 14.3 Å². The maximum atomic E-state index is 12.6. The number of pyridine rings is 1. The fourth-order valence-corrected chi connectivity index (χ4v) is 3.25. The summed E-state index contributed by atoms with van der Waals surface area (Å²) in [6.45, 7) is 6.80. The van der Waals surface area contributed by atoms with Crippen LogP contribution in [-0.4, -0.2) is 62.4 Å². The predicted molar refractivity (Wildman–Crippen MR) is 113 cm³/mol. The number of carbonyl (C=O) groups excluding carboxylic acids is 1. The number of ether oxygens (including phenoxy) is 2. The number of anilines is 1. The van der Waals surface area contributed by atoms with Crippen LogP contribution in [0.3, 0.4) is 0 Å². The second-order valence-electron chi connectivity index (χ2n) is 7.17. The van der Waals surface area contributed by atoms with Gasteiger partial charge < -0.3 is 24.6 Å². The maximum absolute atomic E-state index is 12.6. The quantitative estimate of drug-likeness (QED) is 0.727. The molecule has 1 saturated heterocycles. The van der Waals surface area contributed by atoms with Crippen molar-refractivity contribution in [1.29, 1.82) is 0 Å². The van der Waals surface area contributed by atoms with Crippen molar-refractivity contribution in [3.63, 3.8) is 0 Å². The highest BCUT2D eigenvalue weighted by Gasteiger charge is 2.19. The Morgan fingerprint density at radius 1 is 1.07 bits per heavy atom. The molecular formula is C22H30N4O3. The van der Waals surface area contributed by atoms with Crippen LogP contribution in [0.5, 0.6) is 5.88 Å². The number of benzene rings is 1. The predicted octanol–water partition coefficient (Wildman–Crippen LogP) is 2.84. The first kappa shape index (κ1) is 20.9. The molecule has 0 atom stereocenters. The van der Waals surface area contributed by atoms with Gasteiger partial charge in [-0.15, -0.1) is 0 Å². The Bertz CT molecular complexity index is 765. The topological polar surface area (TPSA) is 66.9 Å². The van der Waals surface area contributed by atoms with E-state index in [4.69, 9.17) is 9.47 Å². The van der Waals surface area contributed by atoms with Crippen molar-refractivity contribution in [3.05, 3.63) is 53.7 Å². The molecule has 1 N–H and O–H groups in total. The van der Waals surface area contributed by atoms with Crippen LogP contribution < -0.4 is 15.0 Å². The number of methoxy groups -OCH3 is 1. The number of carbonyl (C=O) groups is 1. The molecule has 0 saturated carbocycles. The summed E-state index contributed by atoms with van der Waals surface area (Å²) in [5, 5.41) is 3.00. The lowest BCUT2D eigenvalue weighted by molar-refractivity contribution is 0.143. The summed E-state index contributed by atoms with van der Waals surface area (Å²) in [6.07, 6.45) is 2.68. The van der Waals surface area contributed by atoms with E-state index in [0.29, 0.717) is 32.2 Å². The standard InChI is InChI=1S/C22H30N4O3/c1-18-4-7-20(8-5-18)25-10-3-11-26(13-12-25)22(27)24-17-19-6-9-21(23-16-19)29-15-14-28-2/h4-9,16H,3,10-15,17H2,1-2H3,(H,24,27). The van der Waals surface area contributed by atoms with Gasteiger partial charge in [-0.2, -0.15) is 0 Å². The number of urea groups is 1. The summed E-state index contributed by atoms with van der Waals surface area (Å²) < 4.78 is 10.4. The molecule has 3 rings (SSSR count). The Kier molecular flexibility index (Phi) is 7.69. The summed E-state index contributed by atoms with van der Waals surface area (Å²) in [4.78, 5) is 21.1. The number of hydrogen-bond donors (Lipinski definition) is 1. The molecule has 1 aliphatic heterocycles. The van der Waals surface area contributed by atoms with Crippen LogP contribution in [0.2, 0.25) is 0 Å². The van der Waals surface area contributed by atoms with Gasteiger partial charge in [-0.05, 0) is 31.0 Å².